The van der Waals surface area contributed by atoms with Crippen molar-refractivity contribution in [1.82, 2.24) is 5.32 Å². The SMILES string of the molecule is O=C(CCCCCc1ccccc1)NCCCOc1ccc(C[C@H](Nc2ccccc2C(=O)c2ccccc2)C(=O)O)cc1. The number of carbonyl (C=O) groups is 3. The molecule has 0 unspecified atom stereocenters. The minimum atomic E-state index is -1.01. The Kier molecular flexibility index (Phi) is 12.6. The number of aryl methyl sites for hydroxylation is 1. The van der Waals surface area contributed by atoms with Crippen LogP contribution in [0.3, 0.4) is 0 Å². The summed E-state index contributed by atoms with van der Waals surface area (Å²) >= 11 is 0. The third-order valence-corrected chi connectivity index (χ3v) is 7.32. The number of amides is 1. The number of ketones is 1. The number of carboxylic acid groups (broad SMARTS) is 1. The molecule has 44 heavy (non-hydrogen) atoms. The molecule has 0 saturated heterocycles. The molecule has 7 heteroatoms. The Morgan fingerprint density at radius 3 is 2.11 bits per heavy atom. The van der Waals surface area contributed by atoms with E-state index in [-0.39, 0.29) is 18.1 Å². The molecule has 0 saturated carbocycles. The second-order valence-corrected chi connectivity index (χ2v) is 10.7. The molecule has 4 aromatic rings. The summed E-state index contributed by atoms with van der Waals surface area (Å²) in [6.45, 7) is 1.02. The first kappa shape index (κ1) is 32.0. The fourth-order valence-electron chi connectivity index (χ4n) is 4.91. The molecule has 0 radical (unpaired) electrons. The molecule has 0 aliphatic rings. The van der Waals surface area contributed by atoms with Gasteiger partial charge in [-0.3, -0.25) is 9.59 Å². The van der Waals surface area contributed by atoms with Gasteiger partial charge in [0.05, 0.1) is 6.61 Å². The number of rotatable bonds is 18. The second-order valence-electron chi connectivity index (χ2n) is 10.7. The van der Waals surface area contributed by atoms with Crippen LogP contribution >= 0.6 is 0 Å². The number of hydrogen-bond acceptors (Lipinski definition) is 5. The topological polar surface area (TPSA) is 105 Å². The summed E-state index contributed by atoms with van der Waals surface area (Å²) in [4.78, 5) is 37.3. The van der Waals surface area contributed by atoms with Crippen LogP contribution in [-0.4, -0.2) is 42.0 Å². The van der Waals surface area contributed by atoms with Crippen LogP contribution < -0.4 is 15.4 Å². The number of aliphatic carboxylic acids is 1. The smallest absolute Gasteiger partial charge is 0.326 e. The van der Waals surface area contributed by atoms with Crippen molar-refractivity contribution < 1.29 is 24.2 Å². The maximum absolute atomic E-state index is 13.1. The van der Waals surface area contributed by atoms with Crippen LogP contribution in [0.15, 0.2) is 109 Å². The zero-order valence-electron chi connectivity index (χ0n) is 24.9. The number of carboxylic acids is 1. The molecule has 0 aliphatic heterocycles. The molecule has 0 aromatic heterocycles. The van der Waals surface area contributed by atoms with E-state index in [1.54, 1.807) is 48.5 Å². The van der Waals surface area contributed by atoms with Gasteiger partial charge in [-0.15, -0.1) is 0 Å². The van der Waals surface area contributed by atoms with Crippen LogP contribution in [-0.2, 0) is 22.4 Å². The van der Waals surface area contributed by atoms with Gasteiger partial charge in [-0.05, 0) is 61.1 Å². The van der Waals surface area contributed by atoms with Crippen LogP contribution in [0, 0.1) is 0 Å². The van der Waals surface area contributed by atoms with Gasteiger partial charge in [-0.1, -0.05) is 91.3 Å². The van der Waals surface area contributed by atoms with E-state index in [2.05, 4.69) is 34.9 Å². The van der Waals surface area contributed by atoms with E-state index in [1.165, 1.54) is 5.56 Å². The molecule has 4 aromatic carbocycles. The lowest BCUT2D eigenvalue weighted by Crippen LogP contribution is -2.32. The van der Waals surface area contributed by atoms with Crippen molar-refractivity contribution in [3.05, 3.63) is 131 Å². The van der Waals surface area contributed by atoms with Crippen molar-refractivity contribution >= 4 is 23.3 Å². The standard InChI is InChI=1S/C37H40N2O5/c40-35(20-9-2-6-15-28-13-4-1-5-14-28)38-25-12-26-44-31-23-21-29(22-24-31)27-34(37(42)43)39-33-19-11-10-18-32(33)36(41)30-16-7-3-8-17-30/h1,3-5,7-8,10-11,13-14,16-19,21-24,34,39H,2,6,9,12,15,20,25-27H2,(H,38,40)(H,42,43)/t34-/m0/s1. The van der Waals surface area contributed by atoms with Crippen LogP contribution in [0.25, 0.3) is 0 Å². The predicted molar refractivity (Wildman–Crippen MR) is 173 cm³/mol. The fraction of sp³-hybridized carbons (Fsp3) is 0.270. The molecule has 7 nitrogen and oxygen atoms in total. The predicted octanol–water partition coefficient (Wildman–Crippen LogP) is 6.71. The highest BCUT2D eigenvalue weighted by atomic mass is 16.5. The number of nitrogens with one attached hydrogen (secondary N) is 2. The van der Waals surface area contributed by atoms with Gasteiger partial charge in [0.1, 0.15) is 11.8 Å². The number of ether oxygens (including phenoxy) is 1. The first-order chi connectivity index (χ1) is 21.5. The van der Waals surface area contributed by atoms with Crippen LogP contribution in [0.5, 0.6) is 5.75 Å². The molecule has 4 rings (SSSR count). The number of anilines is 1. The molecular weight excluding hydrogens is 552 g/mol. The van der Waals surface area contributed by atoms with Gasteiger partial charge in [0.25, 0.3) is 0 Å². The lowest BCUT2D eigenvalue weighted by atomic mass is 10.00. The first-order valence-electron chi connectivity index (χ1n) is 15.2. The Hall–Kier alpha value is -4.91. The maximum atomic E-state index is 13.1. The Labute approximate surface area is 259 Å². The van der Waals surface area contributed by atoms with E-state index in [4.69, 9.17) is 4.74 Å². The Bertz CT molecular complexity index is 1470. The third kappa shape index (κ3) is 10.4. The van der Waals surface area contributed by atoms with Crippen LogP contribution in [0.2, 0.25) is 0 Å². The molecule has 0 heterocycles. The van der Waals surface area contributed by atoms with Crippen molar-refractivity contribution in [2.75, 3.05) is 18.5 Å². The van der Waals surface area contributed by atoms with E-state index in [1.807, 2.05) is 36.4 Å². The van der Waals surface area contributed by atoms with Crippen molar-refractivity contribution in [3.8, 4) is 5.75 Å². The first-order valence-corrected chi connectivity index (χ1v) is 15.2. The van der Waals surface area contributed by atoms with Crippen molar-refractivity contribution in [2.45, 2.75) is 51.0 Å². The van der Waals surface area contributed by atoms with E-state index < -0.39 is 12.0 Å². The highest BCUT2D eigenvalue weighted by Gasteiger charge is 2.21. The van der Waals surface area contributed by atoms with Crippen molar-refractivity contribution in [1.29, 1.82) is 0 Å². The normalized spacial score (nSPS) is 11.4. The van der Waals surface area contributed by atoms with Crippen LogP contribution in [0.1, 0.15) is 59.2 Å². The van der Waals surface area contributed by atoms with Gasteiger partial charge in [0.2, 0.25) is 5.91 Å². The van der Waals surface area contributed by atoms with Crippen molar-refractivity contribution in [3.63, 3.8) is 0 Å². The number of carbonyl (C=O) groups excluding carboxylic acids is 2. The summed E-state index contributed by atoms with van der Waals surface area (Å²) in [7, 11) is 0. The summed E-state index contributed by atoms with van der Waals surface area (Å²) in [6.07, 6.45) is 5.50. The van der Waals surface area contributed by atoms with Gasteiger partial charge in [0, 0.05) is 36.2 Å². The van der Waals surface area contributed by atoms with Gasteiger partial charge < -0.3 is 20.5 Å². The van der Waals surface area contributed by atoms with Gasteiger partial charge >= 0.3 is 5.97 Å². The van der Waals surface area contributed by atoms with E-state index in [0.29, 0.717) is 48.6 Å². The molecule has 1 atom stereocenters. The summed E-state index contributed by atoms with van der Waals surface area (Å²) in [6, 6.07) is 32.6. The fourth-order valence-corrected chi connectivity index (χ4v) is 4.91. The quantitative estimate of drug-likeness (QED) is 0.0876. The monoisotopic (exact) mass is 592 g/mol. The van der Waals surface area contributed by atoms with E-state index in [9.17, 15) is 19.5 Å². The summed E-state index contributed by atoms with van der Waals surface area (Å²) in [5.41, 5.74) is 3.59. The van der Waals surface area contributed by atoms with Gasteiger partial charge in [-0.25, -0.2) is 4.79 Å². The Morgan fingerprint density at radius 1 is 0.705 bits per heavy atom. The van der Waals surface area contributed by atoms with Crippen molar-refractivity contribution in [2.24, 2.45) is 0 Å². The molecule has 1 amide bonds. The molecule has 0 fully saturated rings. The maximum Gasteiger partial charge on any atom is 0.326 e. The average molecular weight is 593 g/mol. The molecule has 0 bridgehead atoms. The minimum Gasteiger partial charge on any atom is -0.494 e. The lowest BCUT2D eigenvalue weighted by Gasteiger charge is -2.18. The number of hydrogen-bond donors (Lipinski definition) is 3. The average Bonchev–Trinajstić information content (AvgIpc) is 3.05. The Morgan fingerprint density at radius 2 is 1.39 bits per heavy atom. The Balaban J connectivity index is 1.16. The highest BCUT2D eigenvalue weighted by molar-refractivity contribution is 6.12. The molecular formula is C37H40N2O5. The van der Waals surface area contributed by atoms with E-state index in [0.717, 1.165) is 31.2 Å². The number of unbranched alkanes of at least 4 members (excludes halogenated alkanes) is 2. The number of para-hydroxylation sites is 1. The number of benzene rings is 4. The lowest BCUT2D eigenvalue weighted by molar-refractivity contribution is -0.137. The minimum absolute atomic E-state index is 0.0720. The molecule has 228 valence electrons. The van der Waals surface area contributed by atoms with Gasteiger partial charge in [0.15, 0.2) is 5.78 Å². The molecule has 0 spiro atoms. The van der Waals surface area contributed by atoms with Gasteiger partial charge in [-0.2, -0.15) is 0 Å². The third-order valence-electron chi connectivity index (χ3n) is 7.32. The zero-order valence-corrected chi connectivity index (χ0v) is 24.9. The molecule has 3 N–H and O–H groups in total. The summed E-state index contributed by atoms with van der Waals surface area (Å²) in [5, 5.41) is 15.9. The van der Waals surface area contributed by atoms with Crippen LogP contribution in [0.4, 0.5) is 5.69 Å². The highest BCUT2D eigenvalue weighted by Crippen LogP contribution is 2.22. The van der Waals surface area contributed by atoms with E-state index >= 15 is 0 Å². The largest absolute Gasteiger partial charge is 0.494 e. The summed E-state index contributed by atoms with van der Waals surface area (Å²) in [5.74, 6) is -0.435. The zero-order chi connectivity index (χ0) is 31.0. The molecule has 0 aliphatic carbocycles. The second kappa shape index (κ2) is 17.3. The summed E-state index contributed by atoms with van der Waals surface area (Å²) < 4.78 is 5.81.